The number of carbonyl (C=O) groups is 2. The molecule has 2 amide bonds. The van der Waals surface area contributed by atoms with Crippen LogP contribution in [0.5, 0.6) is 0 Å². The molecule has 0 bridgehead atoms. The minimum atomic E-state index is -0.113. The number of fused-ring (bicyclic) bond motifs is 1. The minimum absolute atomic E-state index is 0.113. The van der Waals surface area contributed by atoms with Crippen LogP contribution in [0.25, 0.3) is 0 Å². The lowest BCUT2D eigenvalue weighted by atomic mass is 10.3. The second-order valence-corrected chi connectivity index (χ2v) is 3.78. The van der Waals surface area contributed by atoms with Crippen LogP contribution >= 0.6 is 0 Å². The summed E-state index contributed by atoms with van der Waals surface area (Å²) >= 11 is 0. The summed E-state index contributed by atoms with van der Waals surface area (Å²) in [6, 6.07) is 0. The summed E-state index contributed by atoms with van der Waals surface area (Å²) in [5, 5.41) is 8.07. The number of carbonyl (C=O) groups excluding carboxylic acids is 2. The van der Waals surface area contributed by atoms with Crippen molar-refractivity contribution in [3.8, 4) is 0 Å². The number of imidazole rings is 1. The third kappa shape index (κ3) is 2.32. The summed E-state index contributed by atoms with van der Waals surface area (Å²) in [5.74, 6) is 1.26. The SMILES string of the molecule is C=CNC(=NC)c1nc(NC=O)c2n1CC(=O)NC2. The van der Waals surface area contributed by atoms with E-state index in [9.17, 15) is 9.59 Å². The lowest BCUT2D eigenvalue weighted by molar-refractivity contribution is -0.122. The van der Waals surface area contributed by atoms with Crippen LogP contribution in [0.4, 0.5) is 5.82 Å². The Balaban J connectivity index is 2.51. The van der Waals surface area contributed by atoms with Gasteiger partial charge in [-0.1, -0.05) is 6.58 Å². The number of hydrogen-bond acceptors (Lipinski definition) is 4. The van der Waals surface area contributed by atoms with E-state index >= 15 is 0 Å². The van der Waals surface area contributed by atoms with Crippen molar-refractivity contribution in [2.24, 2.45) is 4.99 Å². The summed E-state index contributed by atoms with van der Waals surface area (Å²) in [7, 11) is 1.60. The van der Waals surface area contributed by atoms with E-state index in [0.29, 0.717) is 30.4 Å². The first-order valence-electron chi connectivity index (χ1n) is 5.62. The molecule has 0 aromatic carbocycles. The molecule has 0 atom stereocenters. The first kappa shape index (κ1) is 12.8. The smallest absolute Gasteiger partial charge is 0.240 e. The number of hydrogen-bond donors (Lipinski definition) is 3. The van der Waals surface area contributed by atoms with E-state index in [2.05, 4.69) is 32.5 Å². The topological polar surface area (TPSA) is 100 Å². The van der Waals surface area contributed by atoms with Gasteiger partial charge in [0, 0.05) is 7.05 Å². The fraction of sp³-hybridized carbons (Fsp3) is 0.273. The predicted molar refractivity (Wildman–Crippen MR) is 69.6 cm³/mol. The Morgan fingerprint density at radius 3 is 3.05 bits per heavy atom. The molecule has 8 nitrogen and oxygen atoms in total. The van der Waals surface area contributed by atoms with Crippen LogP contribution in [0.1, 0.15) is 11.5 Å². The molecule has 19 heavy (non-hydrogen) atoms. The van der Waals surface area contributed by atoms with Crippen molar-refractivity contribution in [1.29, 1.82) is 0 Å². The van der Waals surface area contributed by atoms with E-state index in [-0.39, 0.29) is 12.5 Å². The summed E-state index contributed by atoms with van der Waals surface area (Å²) < 4.78 is 1.71. The molecule has 0 saturated heterocycles. The van der Waals surface area contributed by atoms with Gasteiger partial charge in [-0.05, 0) is 6.20 Å². The molecule has 3 N–H and O–H groups in total. The van der Waals surface area contributed by atoms with Gasteiger partial charge < -0.3 is 20.5 Å². The summed E-state index contributed by atoms with van der Waals surface area (Å²) in [6.45, 7) is 4.01. The number of nitrogens with zero attached hydrogens (tertiary/aromatic N) is 3. The molecule has 0 unspecified atom stereocenters. The molecule has 2 heterocycles. The molecule has 0 aliphatic carbocycles. The molecular weight excluding hydrogens is 248 g/mol. The Bertz CT molecular complexity index is 560. The van der Waals surface area contributed by atoms with Gasteiger partial charge in [-0.25, -0.2) is 4.98 Å². The molecule has 0 saturated carbocycles. The highest BCUT2D eigenvalue weighted by molar-refractivity contribution is 5.98. The van der Waals surface area contributed by atoms with Crippen LogP contribution in [0.2, 0.25) is 0 Å². The Morgan fingerprint density at radius 1 is 1.63 bits per heavy atom. The quantitative estimate of drug-likeness (QED) is 0.375. The van der Waals surface area contributed by atoms with Crippen molar-refractivity contribution in [3.63, 3.8) is 0 Å². The number of anilines is 1. The molecule has 0 spiro atoms. The van der Waals surface area contributed by atoms with Gasteiger partial charge in [-0.3, -0.25) is 14.6 Å². The van der Waals surface area contributed by atoms with Gasteiger partial charge in [0.1, 0.15) is 6.54 Å². The zero-order chi connectivity index (χ0) is 13.8. The van der Waals surface area contributed by atoms with Gasteiger partial charge in [-0.15, -0.1) is 0 Å². The summed E-state index contributed by atoms with van der Waals surface area (Å²) in [4.78, 5) is 30.4. The van der Waals surface area contributed by atoms with Gasteiger partial charge in [0.15, 0.2) is 17.5 Å². The lowest BCUT2D eigenvalue weighted by Gasteiger charge is -2.18. The van der Waals surface area contributed by atoms with Crippen molar-refractivity contribution in [3.05, 3.63) is 24.3 Å². The number of amides is 2. The van der Waals surface area contributed by atoms with Crippen LogP contribution in [0.15, 0.2) is 17.8 Å². The number of aliphatic imine (C=N–C) groups is 1. The van der Waals surface area contributed by atoms with Crippen LogP contribution in [-0.2, 0) is 22.7 Å². The average Bonchev–Trinajstić information content (AvgIpc) is 2.74. The zero-order valence-corrected chi connectivity index (χ0v) is 10.4. The normalized spacial score (nSPS) is 14.4. The maximum Gasteiger partial charge on any atom is 0.240 e. The van der Waals surface area contributed by atoms with Gasteiger partial charge in [-0.2, -0.15) is 0 Å². The van der Waals surface area contributed by atoms with Crippen molar-refractivity contribution in [1.82, 2.24) is 20.2 Å². The van der Waals surface area contributed by atoms with E-state index in [4.69, 9.17) is 0 Å². The van der Waals surface area contributed by atoms with Crippen LogP contribution in [0.3, 0.4) is 0 Å². The molecule has 1 aromatic heterocycles. The fourth-order valence-electron chi connectivity index (χ4n) is 1.90. The fourth-order valence-corrected chi connectivity index (χ4v) is 1.90. The van der Waals surface area contributed by atoms with E-state index in [1.54, 1.807) is 11.6 Å². The molecular formula is C11H14N6O2. The standard InChI is InChI=1S/C11H14N6O2/c1-3-13-10(12-2)11-16-9(15-6-18)7-4-14-8(19)5-17(7)11/h3,6H,1,4-5H2,2H3,(H,12,13)(H,14,19)(H,15,18). The molecule has 1 aromatic rings. The van der Waals surface area contributed by atoms with Gasteiger partial charge in [0.05, 0.1) is 12.2 Å². The number of aromatic nitrogens is 2. The monoisotopic (exact) mass is 262 g/mol. The number of rotatable bonds is 4. The highest BCUT2D eigenvalue weighted by Crippen LogP contribution is 2.19. The molecule has 1 aliphatic rings. The Labute approximate surface area is 109 Å². The van der Waals surface area contributed by atoms with E-state index in [0.717, 1.165) is 5.69 Å². The second-order valence-electron chi connectivity index (χ2n) is 3.78. The highest BCUT2D eigenvalue weighted by Gasteiger charge is 2.25. The van der Waals surface area contributed by atoms with Gasteiger partial charge in [0.2, 0.25) is 12.3 Å². The third-order valence-corrected chi connectivity index (χ3v) is 2.70. The van der Waals surface area contributed by atoms with Crippen molar-refractivity contribution in [2.75, 3.05) is 12.4 Å². The van der Waals surface area contributed by atoms with Crippen molar-refractivity contribution < 1.29 is 9.59 Å². The van der Waals surface area contributed by atoms with Crippen LogP contribution in [0, 0.1) is 0 Å². The van der Waals surface area contributed by atoms with Gasteiger partial charge >= 0.3 is 0 Å². The van der Waals surface area contributed by atoms with E-state index in [1.165, 1.54) is 6.20 Å². The van der Waals surface area contributed by atoms with Crippen LogP contribution < -0.4 is 16.0 Å². The summed E-state index contributed by atoms with van der Waals surface area (Å²) in [5.41, 5.74) is 0.730. The Kier molecular flexibility index (Phi) is 3.60. The maximum absolute atomic E-state index is 11.5. The predicted octanol–water partition coefficient (Wildman–Crippen LogP) is -0.809. The first-order valence-corrected chi connectivity index (χ1v) is 5.62. The third-order valence-electron chi connectivity index (χ3n) is 2.70. The first-order chi connectivity index (χ1) is 9.21. The van der Waals surface area contributed by atoms with Crippen molar-refractivity contribution in [2.45, 2.75) is 13.1 Å². The lowest BCUT2D eigenvalue weighted by Crippen LogP contribution is -2.36. The second kappa shape index (κ2) is 5.34. The Morgan fingerprint density at radius 2 is 2.42 bits per heavy atom. The maximum atomic E-state index is 11.5. The number of amidine groups is 1. The summed E-state index contributed by atoms with van der Waals surface area (Å²) in [6.07, 6.45) is 2.02. The molecule has 1 aliphatic heterocycles. The molecule has 0 radical (unpaired) electrons. The molecule has 0 fully saturated rings. The number of nitrogens with one attached hydrogen (secondary N) is 3. The average molecular weight is 262 g/mol. The molecule has 8 heteroatoms. The largest absolute Gasteiger partial charge is 0.349 e. The van der Waals surface area contributed by atoms with E-state index < -0.39 is 0 Å². The molecule has 100 valence electrons. The van der Waals surface area contributed by atoms with Crippen molar-refractivity contribution >= 4 is 24.0 Å². The zero-order valence-electron chi connectivity index (χ0n) is 10.4. The van der Waals surface area contributed by atoms with Gasteiger partial charge in [0.25, 0.3) is 0 Å². The van der Waals surface area contributed by atoms with Crippen LogP contribution in [-0.4, -0.2) is 34.8 Å². The molecule has 2 rings (SSSR count). The minimum Gasteiger partial charge on any atom is -0.349 e. The highest BCUT2D eigenvalue weighted by atomic mass is 16.2. The Hall–Kier alpha value is -2.64. The van der Waals surface area contributed by atoms with E-state index in [1.807, 2.05) is 0 Å².